The third-order valence-electron chi connectivity index (χ3n) is 3.93. The quantitative estimate of drug-likeness (QED) is 0.797. The summed E-state index contributed by atoms with van der Waals surface area (Å²) >= 11 is 0. The molecule has 1 aromatic rings. The molecular weight excluding hydrogens is 234 g/mol. The Bertz CT molecular complexity index is 398. The highest BCUT2D eigenvalue weighted by molar-refractivity contribution is 5.56. The van der Waals surface area contributed by atoms with Gasteiger partial charge < -0.3 is 10.0 Å². The lowest BCUT2D eigenvalue weighted by molar-refractivity contribution is 0.174. The van der Waals surface area contributed by atoms with Crippen molar-refractivity contribution in [2.45, 2.75) is 58.6 Å². The van der Waals surface area contributed by atoms with Crippen LogP contribution in [0.3, 0.4) is 0 Å². The molecule has 19 heavy (non-hydrogen) atoms. The largest absolute Gasteiger partial charge is 0.388 e. The second kappa shape index (κ2) is 6.42. The third kappa shape index (κ3) is 3.73. The first-order valence-electron chi connectivity index (χ1n) is 7.67. The van der Waals surface area contributed by atoms with Crippen LogP contribution in [0.25, 0.3) is 0 Å². The van der Waals surface area contributed by atoms with Gasteiger partial charge in [0.2, 0.25) is 0 Å². The minimum atomic E-state index is -0.337. The number of benzene rings is 1. The maximum atomic E-state index is 10.2. The van der Waals surface area contributed by atoms with E-state index >= 15 is 0 Å². The molecule has 1 atom stereocenters. The molecule has 2 rings (SSSR count). The summed E-state index contributed by atoms with van der Waals surface area (Å²) in [6.07, 6.45) is 4.26. The monoisotopic (exact) mass is 261 g/mol. The van der Waals surface area contributed by atoms with E-state index < -0.39 is 0 Å². The molecule has 0 bridgehead atoms. The van der Waals surface area contributed by atoms with Gasteiger partial charge in [0.25, 0.3) is 0 Å². The van der Waals surface area contributed by atoms with Gasteiger partial charge in [0.05, 0.1) is 6.10 Å². The van der Waals surface area contributed by atoms with Crippen molar-refractivity contribution < 1.29 is 5.11 Å². The molecule has 0 unspecified atom stereocenters. The van der Waals surface area contributed by atoms with Crippen molar-refractivity contribution in [3.63, 3.8) is 0 Å². The number of aliphatic hydroxyl groups is 1. The van der Waals surface area contributed by atoms with Crippen LogP contribution in [0, 0.1) is 5.92 Å². The first-order valence-corrected chi connectivity index (χ1v) is 7.67. The van der Waals surface area contributed by atoms with Crippen LogP contribution in [-0.2, 0) is 0 Å². The van der Waals surface area contributed by atoms with Gasteiger partial charge in [-0.15, -0.1) is 0 Å². The number of hydrogen-bond donors (Lipinski definition) is 1. The van der Waals surface area contributed by atoms with Crippen LogP contribution < -0.4 is 4.90 Å². The summed E-state index contributed by atoms with van der Waals surface area (Å²) < 4.78 is 0. The van der Waals surface area contributed by atoms with Crippen molar-refractivity contribution in [1.29, 1.82) is 0 Å². The van der Waals surface area contributed by atoms with E-state index in [-0.39, 0.29) is 6.10 Å². The molecule has 0 radical (unpaired) electrons. The number of anilines is 1. The zero-order valence-corrected chi connectivity index (χ0v) is 12.5. The molecule has 1 aliphatic rings. The van der Waals surface area contributed by atoms with Crippen molar-refractivity contribution in [2.75, 3.05) is 11.4 Å². The van der Waals surface area contributed by atoms with Gasteiger partial charge in [-0.3, -0.25) is 0 Å². The average molecular weight is 261 g/mol. The first kappa shape index (κ1) is 14.4. The van der Waals surface area contributed by atoms with Gasteiger partial charge in [-0.05, 0) is 37.7 Å². The molecule has 0 amide bonds. The number of aliphatic hydroxyl groups excluding tert-OH is 1. The Kier molecular flexibility index (Phi) is 4.87. The number of hydrogen-bond acceptors (Lipinski definition) is 2. The van der Waals surface area contributed by atoms with E-state index in [0.29, 0.717) is 6.04 Å². The zero-order valence-electron chi connectivity index (χ0n) is 12.5. The van der Waals surface area contributed by atoms with Crippen molar-refractivity contribution in [2.24, 2.45) is 5.92 Å². The second-order valence-corrected chi connectivity index (χ2v) is 6.09. The number of para-hydroxylation sites is 1. The summed E-state index contributed by atoms with van der Waals surface area (Å²) in [5.74, 6) is 0.726. The minimum absolute atomic E-state index is 0.337. The summed E-state index contributed by atoms with van der Waals surface area (Å²) in [5, 5.41) is 10.2. The maximum Gasteiger partial charge on any atom is 0.0807 e. The van der Waals surface area contributed by atoms with Gasteiger partial charge in [0.15, 0.2) is 0 Å². The summed E-state index contributed by atoms with van der Waals surface area (Å²) in [4.78, 5) is 2.52. The van der Waals surface area contributed by atoms with Crippen LogP contribution >= 0.6 is 0 Å². The van der Waals surface area contributed by atoms with Gasteiger partial charge in [-0.25, -0.2) is 0 Å². The Balaban J connectivity index is 2.20. The molecule has 1 aliphatic carbocycles. The van der Waals surface area contributed by atoms with Gasteiger partial charge in [-0.1, -0.05) is 39.0 Å². The van der Waals surface area contributed by atoms with Crippen molar-refractivity contribution in [3.8, 4) is 0 Å². The van der Waals surface area contributed by atoms with Crippen LogP contribution in [0.5, 0.6) is 0 Å². The molecule has 0 aliphatic heterocycles. The Hall–Kier alpha value is -1.02. The van der Waals surface area contributed by atoms with E-state index in [2.05, 4.69) is 36.9 Å². The van der Waals surface area contributed by atoms with Crippen LogP contribution in [0.15, 0.2) is 24.3 Å². The van der Waals surface area contributed by atoms with E-state index in [9.17, 15) is 5.11 Å². The van der Waals surface area contributed by atoms with Gasteiger partial charge >= 0.3 is 0 Å². The third-order valence-corrected chi connectivity index (χ3v) is 3.93. The molecule has 2 nitrogen and oxygen atoms in total. The smallest absolute Gasteiger partial charge is 0.0807 e. The summed E-state index contributed by atoms with van der Waals surface area (Å²) in [7, 11) is 0. The molecule has 0 aromatic heterocycles. The lowest BCUT2D eigenvalue weighted by Gasteiger charge is -2.29. The normalized spacial score (nSPS) is 16.7. The SMILES string of the molecule is CC[C@H](O)c1ccccc1N(CCC(C)C)C1CC1. The second-order valence-electron chi connectivity index (χ2n) is 6.09. The topological polar surface area (TPSA) is 23.5 Å². The predicted molar refractivity (Wildman–Crippen MR) is 81.5 cm³/mol. The Morgan fingerprint density at radius 2 is 1.95 bits per heavy atom. The fourth-order valence-corrected chi connectivity index (χ4v) is 2.53. The fraction of sp³-hybridized carbons (Fsp3) is 0.647. The number of nitrogens with zero attached hydrogens (tertiary/aromatic N) is 1. The molecule has 1 aromatic carbocycles. The van der Waals surface area contributed by atoms with Crippen molar-refractivity contribution in [3.05, 3.63) is 29.8 Å². The maximum absolute atomic E-state index is 10.2. The highest BCUT2D eigenvalue weighted by Gasteiger charge is 2.30. The zero-order chi connectivity index (χ0) is 13.8. The average Bonchev–Trinajstić information content (AvgIpc) is 3.23. The molecule has 0 heterocycles. The standard InChI is InChI=1S/C17H27NO/c1-4-17(19)15-7-5-6-8-16(15)18(14-9-10-14)12-11-13(2)3/h5-8,13-14,17,19H,4,9-12H2,1-3H3/t17-/m0/s1. The minimum Gasteiger partial charge on any atom is -0.388 e. The van der Waals surface area contributed by atoms with E-state index in [1.54, 1.807) is 0 Å². The number of rotatable bonds is 7. The van der Waals surface area contributed by atoms with Crippen molar-refractivity contribution >= 4 is 5.69 Å². The fourth-order valence-electron chi connectivity index (χ4n) is 2.53. The Labute approximate surface area is 117 Å². The van der Waals surface area contributed by atoms with Crippen LogP contribution in [-0.4, -0.2) is 17.7 Å². The molecule has 0 spiro atoms. The van der Waals surface area contributed by atoms with E-state index in [1.165, 1.54) is 24.9 Å². The van der Waals surface area contributed by atoms with Gasteiger partial charge in [0, 0.05) is 23.8 Å². The molecule has 2 heteroatoms. The lowest BCUT2D eigenvalue weighted by atomic mass is 10.0. The Morgan fingerprint density at radius 3 is 2.53 bits per heavy atom. The van der Waals surface area contributed by atoms with E-state index in [4.69, 9.17) is 0 Å². The molecule has 1 N–H and O–H groups in total. The van der Waals surface area contributed by atoms with E-state index in [1.807, 2.05) is 13.0 Å². The molecule has 1 fully saturated rings. The predicted octanol–water partition coefficient (Wildman–Crippen LogP) is 4.14. The molecule has 106 valence electrons. The van der Waals surface area contributed by atoms with Crippen molar-refractivity contribution in [1.82, 2.24) is 0 Å². The molecule has 1 saturated carbocycles. The summed E-state index contributed by atoms with van der Waals surface area (Å²) in [5.41, 5.74) is 2.35. The van der Waals surface area contributed by atoms with Crippen LogP contribution in [0.4, 0.5) is 5.69 Å². The molecular formula is C17H27NO. The Morgan fingerprint density at radius 1 is 1.26 bits per heavy atom. The highest BCUT2D eigenvalue weighted by atomic mass is 16.3. The highest BCUT2D eigenvalue weighted by Crippen LogP contribution is 2.36. The summed E-state index contributed by atoms with van der Waals surface area (Å²) in [6, 6.07) is 9.07. The lowest BCUT2D eigenvalue weighted by Crippen LogP contribution is -2.29. The van der Waals surface area contributed by atoms with E-state index in [0.717, 1.165) is 24.4 Å². The van der Waals surface area contributed by atoms with Crippen LogP contribution in [0.2, 0.25) is 0 Å². The summed E-state index contributed by atoms with van der Waals surface area (Å²) in [6.45, 7) is 7.70. The first-order chi connectivity index (χ1) is 9.13. The molecule has 0 saturated heterocycles. The van der Waals surface area contributed by atoms with Gasteiger partial charge in [-0.2, -0.15) is 0 Å². The van der Waals surface area contributed by atoms with Crippen LogP contribution in [0.1, 0.15) is 58.1 Å². The van der Waals surface area contributed by atoms with Gasteiger partial charge in [0.1, 0.15) is 0 Å².